The molecule has 0 aromatic heterocycles. The molecule has 3 N–H and O–H groups in total. The first-order valence-corrected chi connectivity index (χ1v) is 39.1. The van der Waals surface area contributed by atoms with Crippen molar-refractivity contribution in [2.24, 2.45) is 0 Å². The SMILES string of the molecule is CCCCCCC/C=C\CCCCCCCC(=O)OCCCCCCCCCCCCCCCCCCCCCCCCCCCCCCCCCCCCCC(=O)NC(CO)C(O)/C=C/CCCCCCCCCCCCCCCCCCC. The molecule has 0 aromatic rings. The molecule has 0 saturated heterocycles. The molecule has 0 heterocycles. The van der Waals surface area contributed by atoms with Crippen molar-refractivity contribution in [3.05, 3.63) is 24.3 Å². The number of unbranched alkanes of at least 4 members (excludes halogenated alkanes) is 61. The highest BCUT2D eigenvalue weighted by atomic mass is 16.5. The van der Waals surface area contributed by atoms with E-state index in [1.54, 1.807) is 6.08 Å². The zero-order chi connectivity index (χ0) is 61.3. The van der Waals surface area contributed by atoms with Gasteiger partial charge in [-0.2, -0.15) is 0 Å². The van der Waals surface area contributed by atoms with Crippen LogP contribution in [-0.4, -0.2) is 47.4 Å². The first kappa shape index (κ1) is 83.3. The summed E-state index contributed by atoms with van der Waals surface area (Å²) in [4.78, 5) is 24.6. The van der Waals surface area contributed by atoms with Gasteiger partial charge in [-0.15, -0.1) is 0 Å². The summed E-state index contributed by atoms with van der Waals surface area (Å²) < 4.78 is 5.49. The zero-order valence-electron chi connectivity index (χ0n) is 57.9. The van der Waals surface area contributed by atoms with Gasteiger partial charge >= 0.3 is 5.97 Å². The van der Waals surface area contributed by atoms with Crippen LogP contribution in [0.4, 0.5) is 0 Å². The molecule has 2 unspecified atom stereocenters. The first-order valence-electron chi connectivity index (χ1n) is 39.1. The van der Waals surface area contributed by atoms with E-state index in [0.717, 1.165) is 44.9 Å². The van der Waals surface area contributed by atoms with Crippen LogP contribution in [0.5, 0.6) is 0 Å². The minimum atomic E-state index is -0.841. The number of carbonyl (C=O) groups is 2. The average Bonchev–Trinajstić information content (AvgIpc) is 3.51. The van der Waals surface area contributed by atoms with E-state index >= 15 is 0 Å². The molecule has 1 amide bonds. The molecule has 0 bridgehead atoms. The maximum atomic E-state index is 12.5. The van der Waals surface area contributed by atoms with E-state index in [-0.39, 0.29) is 18.5 Å². The fourth-order valence-electron chi connectivity index (χ4n) is 12.5. The quantitative estimate of drug-likeness (QED) is 0.0320. The van der Waals surface area contributed by atoms with E-state index in [2.05, 4.69) is 31.3 Å². The predicted molar refractivity (Wildman–Crippen MR) is 375 cm³/mol. The summed E-state index contributed by atoms with van der Waals surface area (Å²) in [6.07, 6.45) is 95.9. The number of hydrogen-bond acceptors (Lipinski definition) is 5. The summed E-state index contributed by atoms with van der Waals surface area (Å²) in [6.45, 7) is 4.94. The Morgan fingerprint density at radius 1 is 0.318 bits per heavy atom. The second-order valence-electron chi connectivity index (χ2n) is 27.0. The van der Waals surface area contributed by atoms with Gasteiger partial charge < -0.3 is 20.3 Å². The number of aliphatic hydroxyl groups is 2. The fraction of sp³-hybridized carbons (Fsp3) is 0.924. The Morgan fingerprint density at radius 3 is 0.835 bits per heavy atom. The monoisotopic (exact) mass is 1200 g/mol. The lowest BCUT2D eigenvalue weighted by Crippen LogP contribution is -2.45. The molecule has 0 saturated carbocycles. The normalized spacial score (nSPS) is 12.6. The Balaban J connectivity index is 3.33. The highest BCUT2D eigenvalue weighted by Crippen LogP contribution is 2.20. The molecule has 0 aliphatic carbocycles. The highest BCUT2D eigenvalue weighted by molar-refractivity contribution is 5.76. The van der Waals surface area contributed by atoms with Crippen LogP contribution in [0, 0.1) is 0 Å². The third-order valence-corrected chi connectivity index (χ3v) is 18.5. The van der Waals surface area contributed by atoms with Crippen molar-refractivity contribution in [3.8, 4) is 0 Å². The van der Waals surface area contributed by atoms with Crippen molar-refractivity contribution >= 4 is 11.9 Å². The van der Waals surface area contributed by atoms with Crippen molar-refractivity contribution < 1.29 is 24.5 Å². The average molecular weight is 1200 g/mol. The third kappa shape index (κ3) is 71.3. The summed E-state index contributed by atoms with van der Waals surface area (Å²) in [5, 5.41) is 23.3. The smallest absolute Gasteiger partial charge is 0.305 e. The molecule has 0 aromatic carbocycles. The van der Waals surface area contributed by atoms with Crippen molar-refractivity contribution in [2.75, 3.05) is 13.2 Å². The Kier molecular flexibility index (Phi) is 73.3. The molecule has 2 atom stereocenters. The lowest BCUT2D eigenvalue weighted by Gasteiger charge is -2.20. The van der Waals surface area contributed by atoms with Gasteiger partial charge in [-0.05, 0) is 57.8 Å². The number of nitrogens with one attached hydrogen (secondary N) is 1. The summed E-state index contributed by atoms with van der Waals surface area (Å²) in [7, 11) is 0. The van der Waals surface area contributed by atoms with E-state index in [0.29, 0.717) is 19.4 Å². The number of ether oxygens (including phenoxy) is 1. The molecule has 0 aliphatic rings. The molecule has 6 nitrogen and oxygen atoms in total. The lowest BCUT2D eigenvalue weighted by molar-refractivity contribution is -0.143. The van der Waals surface area contributed by atoms with E-state index < -0.39 is 12.1 Å². The van der Waals surface area contributed by atoms with Crippen molar-refractivity contribution in [3.63, 3.8) is 0 Å². The van der Waals surface area contributed by atoms with Crippen molar-refractivity contribution in [1.82, 2.24) is 5.32 Å². The lowest BCUT2D eigenvalue weighted by atomic mass is 10.0. The largest absolute Gasteiger partial charge is 0.466 e. The standard InChI is InChI=1S/C79H153NO5/c1-3-5-7-9-11-13-15-17-19-20-38-41-44-47-51-55-59-63-67-71-77(82)76(75-81)80-78(83)72-68-64-60-56-52-48-45-42-39-36-34-32-30-28-26-24-22-21-23-25-27-29-31-33-35-37-40-43-46-50-54-58-62-66-70-74-85-79(84)73-69-65-61-57-53-49-18-16-14-12-10-8-6-4-2/h16,18,67,71,76-77,81-82H,3-15,17,19-66,68-70,72-75H2,1-2H3,(H,80,83)/b18-16-,71-67+. The number of esters is 1. The topological polar surface area (TPSA) is 95.9 Å². The molecular formula is C79H153NO5. The molecule has 0 spiro atoms. The van der Waals surface area contributed by atoms with E-state index in [1.807, 2.05) is 6.08 Å². The first-order chi connectivity index (χ1) is 42.0. The Morgan fingerprint density at radius 2 is 0.553 bits per heavy atom. The summed E-state index contributed by atoms with van der Waals surface area (Å²) in [5.41, 5.74) is 0. The molecule has 0 rings (SSSR count). The minimum absolute atomic E-state index is 0.0146. The van der Waals surface area contributed by atoms with Gasteiger partial charge in [0.15, 0.2) is 0 Å². The molecule has 0 radical (unpaired) electrons. The van der Waals surface area contributed by atoms with Gasteiger partial charge in [-0.25, -0.2) is 0 Å². The molecular weight excluding hydrogens is 1040 g/mol. The number of rotatable bonds is 74. The van der Waals surface area contributed by atoms with Crippen molar-refractivity contribution in [2.45, 2.75) is 456 Å². The predicted octanol–water partition coefficient (Wildman–Crippen LogP) is 25.7. The van der Waals surface area contributed by atoms with Gasteiger partial charge in [0.05, 0.1) is 25.4 Å². The summed E-state index contributed by atoms with van der Waals surface area (Å²) in [6, 6.07) is -0.624. The number of carbonyl (C=O) groups excluding carboxylic acids is 2. The van der Waals surface area contributed by atoms with Crippen LogP contribution >= 0.6 is 0 Å². The summed E-state index contributed by atoms with van der Waals surface area (Å²) >= 11 is 0. The summed E-state index contributed by atoms with van der Waals surface area (Å²) in [5.74, 6) is -0.0438. The third-order valence-electron chi connectivity index (χ3n) is 18.5. The van der Waals surface area contributed by atoms with Crippen LogP contribution in [0.3, 0.4) is 0 Å². The van der Waals surface area contributed by atoms with Gasteiger partial charge in [-0.1, -0.05) is 398 Å². The van der Waals surface area contributed by atoms with Gasteiger partial charge in [0.2, 0.25) is 5.91 Å². The van der Waals surface area contributed by atoms with Gasteiger partial charge in [0.1, 0.15) is 0 Å². The maximum absolute atomic E-state index is 12.5. The Bertz CT molecular complexity index is 1330. The van der Waals surface area contributed by atoms with Crippen LogP contribution in [0.2, 0.25) is 0 Å². The molecule has 85 heavy (non-hydrogen) atoms. The van der Waals surface area contributed by atoms with Crippen LogP contribution in [0.25, 0.3) is 0 Å². The number of allylic oxidation sites excluding steroid dienone is 3. The zero-order valence-corrected chi connectivity index (χ0v) is 57.9. The number of hydrogen-bond donors (Lipinski definition) is 3. The Labute approximate surface area is 532 Å². The minimum Gasteiger partial charge on any atom is -0.466 e. The van der Waals surface area contributed by atoms with Gasteiger partial charge in [0.25, 0.3) is 0 Å². The van der Waals surface area contributed by atoms with E-state index in [9.17, 15) is 19.8 Å². The van der Waals surface area contributed by atoms with Crippen LogP contribution in [0.15, 0.2) is 24.3 Å². The van der Waals surface area contributed by atoms with Crippen molar-refractivity contribution in [1.29, 1.82) is 0 Å². The van der Waals surface area contributed by atoms with Crippen LogP contribution in [-0.2, 0) is 14.3 Å². The highest BCUT2D eigenvalue weighted by Gasteiger charge is 2.18. The fourth-order valence-corrected chi connectivity index (χ4v) is 12.5. The molecule has 504 valence electrons. The number of amides is 1. The molecule has 0 fully saturated rings. The second-order valence-corrected chi connectivity index (χ2v) is 27.0. The maximum Gasteiger partial charge on any atom is 0.305 e. The molecule has 0 aliphatic heterocycles. The van der Waals surface area contributed by atoms with Gasteiger partial charge in [0, 0.05) is 12.8 Å². The molecule has 6 heteroatoms. The van der Waals surface area contributed by atoms with Gasteiger partial charge in [-0.3, -0.25) is 9.59 Å². The van der Waals surface area contributed by atoms with Crippen LogP contribution in [0.1, 0.15) is 444 Å². The van der Waals surface area contributed by atoms with Crippen LogP contribution < -0.4 is 5.32 Å². The Hall–Kier alpha value is -1.66. The second kappa shape index (κ2) is 74.8. The van der Waals surface area contributed by atoms with E-state index in [4.69, 9.17) is 4.74 Å². The van der Waals surface area contributed by atoms with E-state index in [1.165, 1.54) is 372 Å². The number of aliphatic hydroxyl groups excluding tert-OH is 2.